The number of nitrogens with zero attached hydrogens (tertiary/aromatic N) is 1. The first kappa shape index (κ1) is 14.4. The first-order valence-electron chi connectivity index (χ1n) is 8.04. The summed E-state index contributed by atoms with van der Waals surface area (Å²) in [4.78, 5) is 4.13. The number of benzene rings is 1. The van der Waals surface area contributed by atoms with Crippen LogP contribution in [0.25, 0.3) is 0 Å². The zero-order valence-electron chi connectivity index (χ0n) is 12.5. The average Bonchev–Trinajstić information content (AvgIpc) is 2.53. The van der Waals surface area contributed by atoms with Crippen LogP contribution in [-0.2, 0) is 0 Å². The predicted octanol–water partition coefficient (Wildman–Crippen LogP) is 3.69. The molecule has 2 aliphatic rings. The van der Waals surface area contributed by atoms with Crippen LogP contribution in [0.15, 0.2) is 29.2 Å². The number of hydrogen-bond donors (Lipinski definition) is 1. The van der Waals surface area contributed by atoms with Gasteiger partial charge in [-0.25, -0.2) is 0 Å². The van der Waals surface area contributed by atoms with Crippen LogP contribution in [0.4, 0.5) is 0 Å². The third kappa shape index (κ3) is 3.38. The minimum atomic E-state index is 0.555. The molecule has 0 saturated carbocycles. The van der Waals surface area contributed by atoms with Crippen LogP contribution in [0.5, 0.6) is 0 Å². The van der Waals surface area contributed by atoms with Gasteiger partial charge in [0, 0.05) is 23.5 Å². The molecule has 1 saturated heterocycles. The van der Waals surface area contributed by atoms with Gasteiger partial charge in [0.1, 0.15) is 0 Å². The van der Waals surface area contributed by atoms with E-state index < -0.39 is 0 Å². The maximum Gasteiger partial charge on any atom is 0.0339 e. The Hall–Kier alpha value is -0.510. The second-order valence-corrected chi connectivity index (χ2v) is 7.22. The van der Waals surface area contributed by atoms with E-state index in [0.29, 0.717) is 12.1 Å². The van der Waals surface area contributed by atoms with Gasteiger partial charge < -0.3 is 5.32 Å². The number of likely N-dealkylation sites (tertiary alicyclic amines) is 1. The van der Waals surface area contributed by atoms with Gasteiger partial charge in [-0.2, -0.15) is 0 Å². The molecule has 1 aromatic carbocycles. The maximum absolute atomic E-state index is 3.82. The molecule has 20 heavy (non-hydrogen) atoms. The fraction of sp³-hybridized carbons (Fsp3) is 0.647. The van der Waals surface area contributed by atoms with Gasteiger partial charge in [0.2, 0.25) is 0 Å². The van der Waals surface area contributed by atoms with Gasteiger partial charge in [0.15, 0.2) is 0 Å². The van der Waals surface area contributed by atoms with Crippen LogP contribution in [0.1, 0.15) is 44.2 Å². The number of thioether (sulfide) groups is 1. The zero-order chi connectivity index (χ0) is 13.8. The van der Waals surface area contributed by atoms with Gasteiger partial charge in [-0.1, -0.05) is 24.6 Å². The van der Waals surface area contributed by atoms with Crippen molar-refractivity contribution >= 4 is 11.8 Å². The van der Waals surface area contributed by atoms with Crippen LogP contribution in [0, 0.1) is 0 Å². The second-order valence-electron chi connectivity index (χ2n) is 6.08. The molecule has 0 radical (unpaired) electrons. The Balaban J connectivity index is 1.56. The van der Waals surface area contributed by atoms with Crippen LogP contribution in [-0.4, -0.2) is 36.3 Å². The molecular weight excluding hydrogens is 264 g/mol. The molecule has 0 bridgehead atoms. The summed E-state index contributed by atoms with van der Waals surface area (Å²) in [5.41, 5.74) is 1.51. The van der Waals surface area contributed by atoms with E-state index >= 15 is 0 Å². The molecule has 1 aromatic rings. The third-order valence-electron chi connectivity index (χ3n) is 4.63. The second kappa shape index (κ2) is 6.97. The summed E-state index contributed by atoms with van der Waals surface area (Å²) in [7, 11) is 0. The topological polar surface area (TPSA) is 15.3 Å². The number of nitrogens with one attached hydrogen (secondary N) is 1. The highest BCUT2D eigenvalue weighted by molar-refractivity contribution is 7.99. The predicted molar refractivity (Wildman–Crippen MR) is 87.4 cm³/mol. The lowest BCUT2D eigenvalue weighted by Gasteiger charge is -2.34. The van der Waals surface area contributed by atoms with Crippen molar-refractivity contribution in [3.8, 4) is 0 Å². The van der Waals surface area contributed by atoms with Crippen molar-refractivity contribution < 1.29 is 0 Å². The third-order valence-corrected chi connectivity index (χ3v) is 5.75. The van der Waals surface area contributed by atoms with Crippen LogP contribution in [0.2, 0.25) is 0 Å². The fourth-order valence-electron chi connectivity index (χ4n) is 3.36. The average molecular weight is 290 g/mol. The van der Waals surface area contributed by atoms with Gasteiger partial charge in [-0.15, -0.1) is 11.8 Å². The van der Waals surface area contributed by atoms with Gasteiger partial charge in [-0.3, -0.25) is 4.90 Å². The number of piperidine rings is 1. The van der Waals surface area contributed by atoms with E-state index in [0.717, 1.165) is 6.54 Å². The summed E-state index contributed by atoms with van der Waals surface area (Å²) in [5, 5.41) is 3.82. The van der Waals surface area contributed by atoms with Crippen molar-refractivity contribution in [1.29, 1.82) is 0 Å². The van der Waals surface area contributed by atoms with E-state index in [-0.39, 0.29) is 0 Å². The molecule has 1 N–H and O–H groups in total. The number of hydrogen-bond acceptors (Lipinski definition) is 3. The summed E-state index contributed by atoms with van der Waals surface area (Å²) in [6.45, 7) is 6.07. The first-order valence-corrected chi connectivity index (χ1v) is 9.02. The van der Waals surface area contributed by atoms with Gasteiger partial charge >= 0.3 is 0 Å². The first-order chi connectivity index (χ1) is 9.84. The summed E-state index contributed by atoms with van der Waals surface area (Å²) in [6, 6.07) is 10.1. The Labute approximate surface area is 127 Å². The largest absolute Gasteiger partial charge is 0.308 e. The van der Waals surface area contributed by atoms with Crippen molar-refractivity contribution in [2.75, 3.05) is 25.4 Å². The molecule has 2 atom stereocenters. The molecule has 2 unspecified atom stereocenters. The Morgan fingerprint density at radius 3 is 2.90 bits per heavy atom. The normalized spacial score (nSPS) is 25.1. The zero-order valence-corrected chi connectivity index (χ0v) is 13.3. The van der Waals surface area contributed by atoms with E-state index in [1.165, 1.54) is 55.0 Å². The molecule has 1 fully saturated rings. The number of fused-ring (bicyclic) bond motifs is 1. The molecular formula is C17H26N2S. The Morgan fingerprint density at radius 2 is 2.05 bits per heavy atom. The Bertz CT molecular complexity index is 429. The molecule has 0 aliphatic carbocycles. The van der Waals surface area contributed by atoms with Crippen molar-refractivity contribution in [3.63, 3.8) is 0 Å². The Morgan fingerprint density at radius 1 is 1.25 bits per heavy atom. The molecule has 0 amide bonds. The van der Waals surface area contributed by atoms with Crippen molar-refractivity contribution in [2.24, 2.45) is 0 Å². The van der Waals surface area contributed by atoms with Crippen molar-refractivity contribution in [3.05, 3.63) is 29.8 Å². The lowest BCUT2D eigenvalue weighted by Crippen LogP contribution is -2.44. The molecule has 0 aromatic heterocycles. The van der Waals surface area contributed by atoms with Gasteiger partial charge in [0.25, 0.3) is 0 Å². The van der Waals surface area contributed by atoms with E-state index in [1.54, 1.807) is 0 Å². The maximum atomic E-state index is 3.82. The quantitative estimate of drug-likeness (QED) is 0.910. The van der Waals surface area contributed by atoms with E-state index in [1.807, 2.05) is 11.8 Å². The van der Waals surface area contributed by atoms with Crippen LogP contribution in [0.3, 0.4) is 0 Å². The number of rotatable bonds is 4. The molecule has 2 nitrogen and oxygen atoms in total. The molecule has 2 heterocycles. The highest BCUT2D eigenvalue weighted by Crippen LogP contribution is 2.35. The Kier molecular flexibility index (Phi) is 5.03. The fourth-order valence-corrected chi connectivity index (χ4v) is 4.48. The summed E-state index contributed by atoms with van der Waals surface area (Å²) < 4.78 is 0. The molecule has 3 rings (SSSR count). The highest BCUT2D eigenvalue weighted by atomic mass is 32.2. The lowest BCUT2D eigenvalue weighted by molar-refractivity contribution is 0.167. The standard InChI is InChI=1S/C17H26N2S/c1-14(19-10-5-2-6-11-19)13-18-16-9-12-20-17-8-4-3-7-15(16)17/h3-4,7-8,14,16,18H,2,5-6,9-13H2,1H3. The molecule has 3 heteroatoms. The van der Waals surface area contributed by atoms with Crippen molar-refractivity contribution in [1.82, 2.24) is 10.2 Å². The van der Waals surface area contributed by atoms with E-state index in [2.05, 4.69) is 41.4 Å². The van der Waals surface area contributed by atoms with E-state index in [4.69, 9.17) is 0 Å². The summed E-state index contributed by atoms with van der Waals surface area (Å²) >= 11 is 2.00. The summed E-state index contributed by atoms with van der Waals surface area (Å²) in [6.07, 6.45) is 5.44. The van der Waals surface area contributed by atoms with Crippen LogP contribution < -0.4 is 5.32 Å². The lowest BCUT2D eigenvalue weighted by atomic mass is 10.0. The molecule has 110 valence electrons. The van der Waals surface area contributed by atoms with Crippen LogP contribution >= 0.6 is 11.8 Å². The molecule has 0 spiro atoms. The SMILES string of the molecule is CC(CNC1CCSc2ccccc21)N1CCCCC1. The minimum absolute atomic E-state index is 0.555. The monoisotopic (exact) mass is 290 g/mol. The summed E-state index contributed by atoms with van der Waals surface area (Å²) in [5.74, 6) is 1.24. The van der Waals surface area contributed by atoms with Gasteiger partial charge in [-0.05, 0) is 56.7 Å². The smallest absolute Gasteiger partial charge is 0.0339 e. The minimum Gasteiger partial charge on any atom is -0.308 e. The van der Waals surface area contributed by atoms with Gasteiger partial charge in [0.05, 0.1) is 0 Å². The molecule has 2 aliphatic heterocycles. The van der Waals surface area contributed by atoms with Crippen molar-refractivity contribution in [2.45, 2.75) is 49.6 Å². The highest BCUT2D eigenvalue weighted by Gasteiger charge is 2.22. The van der Waals surface area contributed by atoms with E-state index in [9.17, 15) is 0 Å².